The second kappa shape index (κ2) is 5.32. The van der Waals surface area contributed by atoms with E-state index in [1.807, 2.05) is 30.3 Å². The summed E-state index contributed by atoms with van der Waals surface area (Å²) in [5, 5.41) is 0.591. The van der Waals surface area contributed by atoms with E-state index in [4.69, 9.17) is 23.2 Å². The average Bonchev–Trinajstić information content (AvgIpc) is 2.86. The average molecular weight is 329 g/mol. The topological polar surface area (TPSA) is 0 Å². The fourth-order valence-corrected chi connectivity index (χ4v) is 3.77. The first kappa shape index (κ1) is 13.8. The highest BCUT2D eigenvalue weighted by molar-refractivity contribution is 7.19. The van der Waals surface area contributed by atoms with Crippen molar-refractivity contribution in [1.82, 2.24) is 0 Å². The van der Waals surface area contributed by atoms with Crippen molar-refractivity contribution in [2.75, 3.05) is 0 Å². The van der Waals surface area contributed by atoms with Crippen LogP contribution in [-0.4, -0.2) is 0 Å². The molecule has 0 fully saturated rings. The Morgan fingerprint density at radius 3 is 2.45 bits per heavy atom. The fraction of sp³-hybridized carbons (Fsp3) is 0.0667. The molecule has 0 spiro atoms. The molecular formula is C15H8Cl2F2S. The first-order valence-corrected chi connectivity index (χ1v) is 7.46. The van der Waals surface area contributed by atoms with Crippen LogP contribution in [0.5, 0.6) is 0 Å². The largest absolute Gasteiger partial charge is 0.204 e. The first-order chi connectivity index (χ1) is 9.56. The molecule has 1 heterocycles. The van der Waals surface area contributed by atoms with Gasteiger partial charge in [0, 0.05) is 14.6 Å². The van der Waals surface area contributed by atoms with Crippen molar-refractivity contribution in [3.63, 3.8) is 0 Å². The van der Waals surface area contributed by atoms with Gasteiger partial charge in [0.1, 0.15) is 0 Å². The maximum Gasteiger partial charge on any atom is 0.160 e. The molecule has 0 aliphatic rings. The van der Waals surface area contributed by atoms with Crippen molar-refractivity contribution in [2.24, 2.45) is 0 Å². The zero-order valence-electron chi connectivity index (χ0n) is 10.0. The summed E-state index contributed by atoms with van der Waals surface area (Å²) in [6, 6.07) is 11.8. The van der Waals surface area contributed by atoms with E-state index in [1.165, 1.54) is 11.3 Å². The molecule has 0 nitrogen and oxygen atoms in total. The summed E-state index contributed by atoms with van der Waals surface area (Å²) in [6.07, 6.45) is 0. The lowest BCUT2D eigenvalue weighted by Gasteiger charge is -2.10. The Hall–Kier alpha value is -1.16. The monoisotopic (exact) mass is 328 g/mol. The van der Waals surface area contributed by atoms with Crippen molar-refractivity contribution < 1.29 is 8.78 Å². The van der Waals surface area contributed by atoms with Gasteiger partial charge in [0.05, 0.1) is 5.38 Å². The standard InChI is InChI=1S/C15H8Cl2F2S/c16-10-7-12(19)11(18)6-9(10)15(17)14-5-8-3-1-2-4-13(8)20-14/h1-7,15H. The number of halogens is 4. The SMILES string of the molecule is Fc1cc(Cl)c(C(Cl)c2cc3ccccc3s2)cc1F. The number of rotatable bonds is 2. The van der Waals surface area contributed by atoms with Crippen LogP contribution >= 0.6 is 34.5 Å². The molecule has 0 radical (unpaired) electrons. The summed E-state index contributed by atoms with van der Waals surface area (Å²) in [4.78, 5) is 0.848. The maximum absolute atomic E-state index is 13.4. The Morgan fingerprint density at radius 2 is 1.70 bits per heavy atom. The number of alkyl halides is 1. The minimum Gasteiger partial charge on any atom is -0.204 e. The molecule has 3 rings (SSSR count). The van der Waals surface area contributed by atoms with Crippen molar-refractivity contribution >= 4 is 44.6 Å². The van der Waals surface area contributed by atoms with Crippen LogP contribution in [0.2, 0.25) is 5.02 Å². The molecule has 3 aromatic rings. The number of hydrogen-bond acceptors (Lipinski definition) is 1. The minimum atomic E-state index is -0.973. The summed E-state index contributed by atoms with van der Waals surface area (Å²) < 4.78 is 27.5. The van der Waals surface area contributed by atoms with E-state index in [0.717, 1.165) is 27.1 Å². The van der Waals surface area contributed by atoms with Crippen LogP contribution in [0.3, 0.4) is 0 Å². The van der Waals surface area contributed by atoms with Crippen molar-refractivity contribution in [2.45, 2.75) is 5.38 Å². The van der Waals surface area contributed by atoms with Crippen LogP contribution in [0.15, 0.2) is 42.5 Å². The molecular weight excluding hydrogens is 321 g/mol. The lowest BCUT2D eigenvalue weighted by molar-refractivity contribution is 0.507. The molecule has 0 N–H and O–H groups in total. The number of fused-ring (bicyclic) bond motifs is 1. The Bertz CT molecular complexity index is 750. The highest BCUT2D eigenvalue weighted by atomic mass is 35.5. The molecule has 5 heteroatoms. The van der Waals surface area contributed by atoms with Crippen molar-refractivity contribution in [3.8, 4) is 0 Å². The fourth-order valence-electron chi connectivity index (χ4n) is 2.01. The molecule has 102 valence electrons. The van der Waals surface area contributed by atoms with Crippen molar-refractivity contribution in [1.29, 1.82) is 0 Å². The summed E-state index contributed by atoms with van der Waals surface area (Å²) in [5.41, 5.74) is 0.374. The predicted octanol–water partition coefficient (Wildman–Crippen LogP) is 6.16. The molecule has 0 amide bonds. The summed E-state index contributed by atoms with van der Waals surface area (Å²) >= 11 is 13.8. The molecule has 1 atom stereocenters. The smallest absolute Gasteiger partial charge is 0.160 e. The van der Waals surface area contributed by atoms with Gasteiger partial charge in [0.25, 0.3) is 0 Å². The van der Waals surface area contributed by atoms with E-state index in [0.29, 0.717) is 5.56 Å². The molecule has 1 aromatic heterocycles. The number of benzene rings is 2. The first-order valence-electron chi connectivity index (χ1n) is 5.83. The molecule has 0 aliphatic carbocycles. The third-order valence-electron chi connectivity index (χ3n) is 3.01. The van der Waals surface area contributed by atoms with E-state index < -0.39 is 17.0 Å². The van der Waals surface area contributed by atoms with Crippen LogP contribution in [0.4, 0.5) is 8.78 Å². The maximum atomic E-state index is 13.4. The van der Waals surface area contributed by atoms with Gasteiger partial charge < -0.3 is 0 Å². The lowest BCUT2D eigenvalue weighted by atomic mass is 10.1. The van der Waals surface area contributed by atoms with Crippen molar-refractivity contribution in [3.05, 3.63) is 69.6 Å². The molecule has 0 bridgehead atoms. The molecule has 1 unspecified atom stereocenters. The Balaban J connectivity index is 2.07. The minimum absolute atomic E-state index is 0.126. The Labute approximate surface area is 128 Å². The highest BCUT2D eigenvalue weighted by Gasteiger charge is 2.19. The molecule has 2 aromatic carbocycles. The second-order valence-electron chi connectivity index (χ2n) is 4.34. The van der Waals surface area contributed by atoms with E-state index in [1.54, 1.807) is 0 Å². The van der Waals surface area contributed by atoms with Gasteiger partial charge in [0.15, 0.2) is 11.6 Å². The third-order valence-corrected chi connectivity index (χ3v) is 5.11. The van der Waals surface area contributed by atoms with E-state index >= 15 is 0 Å². The van der Waals surface area contributed by atoms with Gasteiger partial charge in [-0.25, -0.2) is 8.78 Å². The molecule has 0 aliphatic heterocycles. The van der Waals surface area contributed by atoms with Gasteiger partial charge >= 0.3 is 0 Å². The van der Waals surface area contributed by atoms with E-state index in [2.05, 4.69) is 0 Å². The second-order valence-corrected chi connectivity index (χ2v) is 6.30. The van der Waals surface area contributed by atoms with Crippen LogP contribution < -0.4 is 0 Å². The van der Waals surface area contributed by atoms with Crippen LogP contribution in [0.1, 0.15) is 15.8 Å². The van der Waals surface area contributed by atoms with Gasteiger partial charge in [-0.05, 0) is 35.2 Å². The summed E-state index contributed by atoms with van der Waals surface area (Å²) in [6.45, 7) is 0. The highest BCUT2D eigenvalue weighted by Crippen LogP contribution is 2.40. The third kappa shape index (κ3) is 2.41. The van der Waals surface area contributed by atoms with E-state index in [9.17, 15) is 8.78 Å². The van der Waals surface area contributed by atoms with Crippen LogP contribution in [0, 0.1) is 11.6 Å². The Kier molecular flexibility index (Phi) is 3.67. The Morgan fingerprint density at radius 1 is 1.00 bits per heavy atom. The predicted molar refractivity (Wildman–Crippen MR) is 80.9 cm³/mol. The molecule has 20 heavy (non-hydrogen) atoms. The lowest BCUT2D eigenvalue weighted by Crippen LogP contribution is -1.95. The summed E-state index contributed by atoms with van der Waals surface area (Å²) in [5.74, 6) is -1.92. The molecule has 0 saturated heterocycles. The molecule has 0 saturated carbocycles. The van der Waals surface area contributed by atoms with Gasteiger partial charge in [-0.15, -0.1) is 22.9 Å². The van der Waals surface area contributed by atoms with Gasteiger partial charge in [0.2, 0.25) is 0 Å². The van der Waals surface area contributed by atoms with Crippen LogP contribution in [-0.2, 0) is 0 Å². The number of thiophene rings is 1. The normalized spacial score (nSPS) is 12.8. The van der Waals surface area contributed by atoms with Crippen LogP contribution in [0.25, 0.3) is 10.1 Å². The quantitative estimate of drug-likeness (QED) is 0.390. The zero-order chi connectivity index (χ0) is 14.3. The van der Waals surface area contributed by atoms with Gasteiger partial charge in [-0.2, -0.15) is 0 Å². The number of hydrogen-bond donors (Lipinski definition) is 0. The summed E-state index contributed by atoms with van der Waals surface area (Å²) in [7, 11) is 0. The van der Waals surface area contributed by atoms with Gasteiger partial charge in [-0.3, -0.25) is 0 Å². The van der Waals surface area contributed by atoms with Gasteiger partial charge in [-0.1, -0.05) is 29.8 Å². The zero-order valence-corrected chi connectivity index (χ0v) is 12.4. The van der Waals surface area contributed by atoms with E-state index in [-0.39, 0.29) is 5.02 Å².